The van der Waals surface area contributed by atoms with Gasteiger partial charge in [0.15, 0.2) is 4.80 Å². The molecular formula is C21H22N2O5S. The molecule has 1 aromatic heterocycles. The number of aromatic nitrogens is 1. The van der Waals surface area contributed by atoms with Crippen molar-refractivity contribution in [3.8, 4) is 5.75 Å². The van der Waals surface area contributed by atoms with E-state index in [1.807, 2.05) is 17.6 Å². The third kappa shape index (κ3) is 4.55. The lowest BCUT2D eigenvalue weighted by Crippen LogP contribution is -2.20. The number of carbonyl (C=O) groups is 2. The number of nitrogens with zero attached hydrogens (tertiary/aromatic N) is 2. The minimum absolute atomic E-state index is 0.388. The third-order valence-corrected chi connectivity index (χ3v) is 5.34. The standard InChI is InChI=1S/C21H22N2O5S/c1-4-28-12-11-23-16-10-9-14(20(25)27-3)13-18(16)29-21(23)22-19(24)15-7-5-6-8-17(15)26-2/h5-10,13H,4,11-12H2,1-3H3. The highest BCUT2D eigenvalue weighted by molar-refractivity contribution is 7.16. The zero-order chi connectivity index (χ0) is 20.8. The quantitative estimate of drug-likeness (QED) is 0.438. The van der Waals surface area contributed by atoms with Crippen LogP contribution in [0.25, 0.3) is 10.2 Å². The molecular weight excluding hydrogens is 392 g/mol. The van der Waals surface area contributed by atoms with Crippen molar-refractivity contribution in [2.24, 2.45) is 4.99 Å². The van der Waals surface area contributed by atoms with Gasteiger partial charge in [0.05, 0.1) is 42.2 Å². The molecule has 0 atom stereocenters. The number of amides is 1. The first-order valence-corrected chi connectivity index (χ1v) is 9.92. The van der Waals surface area contributed by atoms with Crippen molar-refractivity contribution >= 4 is 33.4 Å². The largest absolute Gasteiger partial charge is 0.496 e. The molecule has 0 radical (unpaired) electrons. The maximum Gasteiger partial charge on any atom is 0.337 e. The summed E-state index contributed by atoms with van der Waals surface area (Å²) in [5, 5.41) is 0. The highest BCUT2D eigenvalue weighted by Crippen LogP contribution is 2.21. The Morgan fingerprint density at radius 2 is 1.93 bits per heavy atom. The van der Waals surface area contributed by atoms with E-state index in [0.29, 0.717) is 41.4 Å². The van der Waals surface area contributed by atoms with Gasteiger partial charge in [-0.2, -0.15) is 4.99 Å². The van der Waals surface area contributed by atoms with Crippen molar-refractivity contribution in [3.05, 3.63) is 58.4 Å². The second kappa shape index (κ2) is 9.49. The molecule has 0 fully saturated rings. The van der Waals surface area contributed by atoms with Gasteiger partial charge in [-0.1, -0.05) is 23.5 Å². The van der Waals surface area contributed by atoms with Crippen molar-refractivity contribution in [2.45, 2.75) is 13.5 Å². The van der Waals surface area contributed by atoms with Crippen LogP contribution in [0.2, 0.25) is 0 Å². The number of rotatable bonds is 7. The summed E-state index contributed by atoms with van der Waals surface area (Å²) < 4.78 is 18.3. The Hall–Kier alpha value is -2.97. The first kappa shape index (κ1) is 20.8. The van der Waals surface area contributed by atoms with Crippen LogP contribution in [0.1, 0.15) is 27.6 Å². The number of hydrogen-bond donors (Lipinski definition) is 0. The molecule has 0 saturated carbocycles. The fourth-order valence-corrected chi connectivity index (χ4v) is 3.98. The molecule has 0 aliphatic heterocycles. The molecule has 29 heavy (non-hydrogen) atoms. The number of hydrogen-bond acceptors (Lipinski definition) is 6. The third-order valence-electron chi connectivity index (χ3n) is 4.30. The topological polar surface area (TPSA) is 79.1 Å². The zero-order valence-electron chi connectivity index (χ0n) is 16.5. The SMILES string of the molecule is CCOCCn1c(=NC(=O)c2ccccc2OC)sc2cc(C(=O)OC)ccc21. The lowest BCUT2D eigenvalue weighted by molar-refractivity contribution is 0.0600. The highest BCUT2D eigenvalue weighted by atomic mass is 32.1. The Labute approximate surface area is 172 Å². The van der Waals surface area contributed by atoms with E-state index in [9.17, 15) is 9.59 Å². The lowest BCUT2D eigenvalue weighted by Gasteiger charge is -2.06. The molecule has 0 unspecified atom stereocenters. The Morgan fingerprint density at radius 1 is 1.14 bits per heavy atom. The van der Waals surface area contributed by atoms with Crippen LogP contribution < -0.4 is 9.54 Å². The predicted octanol–water partition coefficient (Wildman–Crippen LogP) is 3.28. The number of esters is 1. The zero-order valence-corrected chi connectivity index (χ0v) is 17.3. The summed E-state index contributed by atoms with van der Waals surface area (Å²) in [7, 11) is 2.86. The van der Waals surface area contributed by atoms with Crippen LogP contribution in [0.15, 0.2) is 47.5 Å². The van der Waals surface area contributed by atoms with E-state index in [-0.39, 0.29) is 0 Å². The van der Waals surface area contributed by atoms with Gasteiger partial charge in [0, 0.05) is 13.2 Å². The molecule has 0 bridgehead atoms. The van der Waals surface area contributed by atoms with E-state index in [2.05, 4.69) is 4.99 Å². The average molecular weight is 414 g/mol. The first-order valence-electron chi connectivity index (χ1n) is 9.10. The van der Waals surface area contributed by atoms with Crippen LogP contribution in [0.4, 0.5) is 0 Å². The summed E-state index contributed by atoms with van der Waals surface area (Å²) in [4.78, 5) is 29.5. The Kier molecular flexibility index (Phi) is 6.79. The molecule has 0 saturated heterocycles. The molecule has 0 aliphatic rings. The van der Waals surface area contributed by atoms with E-state index >= 15 is 0 Å². The van der Waals surface area contributed by atoms with Gasteiger partial charge in [-0.05, 0) is 37.3 Å². The number of para-hydroxylation sites is 1. The van der Waals surface area contributed by atoms with E-state index in [0.717, 1.165) is 10.2 Å². The minimum Gasteiger partial charge on any atom is -0.496 e. The van der Waals surface area contributed by atoms with Gasteiger partial charge in [0.25, 0.3) is 5.91 Å². The van der Waals surface area contributed by atoms with Crippen molar-refractivity contribution in [1.82, 2.24) is 4.57 Å². The second-order valence-electron chi connectivity index (χ2n) is 6.02. The number of thiazole rings is 1. The molecule has 7 nitrogen and oxygen atoms in total. The number of carbonyl (C=O) groups excluding carboxylic acids is 2. The molecule has 152 valence electrons. The minimum atomic E-state index is -0.412. The van der Waals surface area contributed by atoms with E-state index in [1.54, 1.807) is 36.4 Å². The molecule has 0 aliphatic carbocycles. The highest BCUT2D eigenvalue weighted by Gasteiger charge is 2.14. The summed E-state index contributed by atoms with van der Waals surface area (Å²) in [5.74, 6) is -0.340. The monoisotopic (exact) mass is 414 g/mol. The molecule has 3 rings (SSSR count). The number of methoxy groups -OCH3 is 2. The molecule has 1 amide bonds. The first-order chi connectivity index (χ1) is 14.1. The average Bonchev–Trinajstić information content (AvgIpc) is 3.09. The number of benzene rings is 2. The van der Waals surface area contributed by atoms with Crippen LogP contribution in [0, 0.1) is 0 Å². The van der Waals surface area contributed by atoms with Crippen LogP contribution >= 0.6 is 11.3 Å². The van der Waals surface area contributed by atoms with Gasteiger partial charge in [0.1, 0.15) is 5.75 Å². The Balaban J connectivity index is 2.10. The summed E-state index contributed by atoms with van der Waals surface area (Å²) in [6.45, 7) is 3.54. The summed E-state index contributed by atoms with van der Waals surface area (Å²) in [5.41, 5.74) is 1.70. The Bertz CT molecular complexity index is 1100. The number of fused-ring (bicyclic) bond motifs is 1. The van der Waals surface area contributed by atoms with E-state index in [4.69, 9.17) is 14.2 Å². The van der Waals surface area contributed by atoms with Gasteiger partial charge in [-0.25, -0.2) is 4.79 Å². The molecule has 2 aromatic carbocycles. The van der Waals surface area contributed by atoms with Gasteiger partial charge in [0.2, 0.25) is 0 Å². The fraction of sp³-hybridized carbons (Fsp3) is 0.286. The van der Waals surface area contributed by atoms with E-state index < -0.39 is 11.9 Å². The van der Waals surface area contributed by atoms with Crippen molar-refractivity contribution < 1.29 is 23.8 Å². The normalized spacial score (nSPS) is 11.6. The van der Waals surface area contributed by atoms with Crippen LogP contribution in [0.3, 0.4) is 0 Å². The molecule has 0 N–H and O–H groups in total. The predicted molar refractivity (Wildman–Crippen MR) is 111 cm³/mol. The van der Waals surface area contributed by atoms with Gasteiger partial charge in [-0.3, -0.25) is 4.79 Å². The van der Waals surface area contributed by atoms with Crippen molar-refractivity contribution in [2.75, 3.05) is 27.4 Å². The Morgan fingerprint density at radius 3 is 2.66 bits per heavy atom. The summed E-state index contributed by atoms with van der Waals surface area (Å²) >= 11 is 1.33. The van der Waals surface area contributed by atoms with Crippen molar-refractivity contribution in [1.29, 1.82) is 0 Å². The smallest absolute Gasteiger partial charge is 0.337 e. The molecule has 8 heteroatoms. The molecule has 3 aromatic rings. The lowest BCUT2D eigenvalue weighted by atomic mass is 10.2. The summed E-state index contributed by atoms with van der Waals surface area (Å²) in [6.07, 6.45) is 0. The van der Waals surface area contributed by atoms with Gasteiger partial charge in [-0.15, -0.1) is 0 Å². The number of ether oxygens (including phenoxy) is 3. The van der Waals surface area contributed by atoms with E-state index in [1.165, 1.54) is 25.6 Å². The molecule has 1 heterocycles. The maximum absolute atomic E-state index is 12.8. The van der Waals surface area contributed by atoms with Crippen LogP contribution in [0.5, 0.6) is 5.75 Å². The second-order valence-corrected chi connectivity index (χ2v) is 7.03. The maximum atomic E-state index is 12.8. The molecule has 0 spiro atoms. The summed E-state index contributed by atoms with van der Waals surface area (Å²) in [6, 6.07) is 12.2. The fourth-order valence-electron chi connectivity index (χ4n) is 2.89. The van der Waals surface area contributed by atoms with Crippen molar-refractivity contribution in [3.63, 3.8) is 0 Å². The van der Waals surface area contributed by atoms with Gasteiger partial charge >= 0.3 is 5.97 Å². The van der Waals surface area contributed by atoms with Crippen LogP contribution in [-0.4, -0.2) is 43.9 Å². The van der Waals surface area contributed by atoms with Crippen LogP contribution in [-0.2, 0) is 16.0 Å². The van der Waals surface area contributed by atoms with Gasteiger partial charge < -0.3 is 18.8 Å².